The molecule has 236 valence electrons. The van der Waals surface area contributed by atoms with Crippen LogP contribution in [0.5, 0.6) is 17.5 Å². The smallest absolute Gasteiger partial charge is 0.337 e. The molecule has 0 atom stereocenters. The van der Waals surface area contributed by atoms with Crippen LogP contribution in [0, 0.1) is 0 Å². The van der Waals surface area contributed by atoms with E-state index >= 15 is 0 Å². The van der Waals surface area contributed by atoms with Crippen molar-refractivity contribution in [2.24, 2.45) is 16.1 Å². The molecule has 0 fully saturated rings. The number of nitrogens with two attached hydrogens (primary N) is 1. The summed E-state index contributed by atoms with van der Waals surface area (Å²) in [6.07, 6.45) is 0. The van der Waals surface area contributed by atoms with E-state index in [9.17, 15) is 36.9 Å². The maximum absolute atomic E-state index is 12.6. The van der Waals surface area contributed by atoms with Crippen molar-refractivity contribution < 1.29 is 45.4 Å². The Balaban J connectivity index is 1.71. The largest absolute Gasteiger partial charge is 0.505 e. The Morgan fingerprint density at radius 2 is 1.57 bits per heavy atom. The van der Waals surface area contributed by atoms with Crippen molar-refractivity contribution in [2.75, 3.05) is 10.6 Å². The molecule has 0 aliphatic rings. The summed E-state index contributed by atoms with van der Waals surface area (Å²) in [7, 11) is -8.19. The van der Waals surface area contributed by atoms with Crippen LogP contribution in [0.4, 0.5) is 34.6 Å². The van der Waals surface area contributed by atoms with Gasteiger partial charge in [-0.15, -0.1) is 10.2 Å². The molecule has 1 aromatic heterocycles. The number of thiol groups is 1. The molecule has 0 bridgehead atoms. The minimum absolute atomic E-state index is 0.120. The van der Waals surface area contributed by atoms with Gasteiger partial charge >= 0.3 is 22.1 Å². The van der Waals surface area contributed by atoms with Gasteiger partial charge in [-0.3, -0.25) is 0 Å². The number of aromatic hydroxyl groups is 2. The fourth-order valence-electron chi connectivity index (χ4n) is 4.10. The summed E-state index contributed by atoms with van der Waals surface area (Å²) in [6, 6.07) is 16.4. The topological polar surface area (TPSA) is 278 Å². The van der Waals surface area contributed by atoms with Gasteiger partial charge < -0.3 is 30.1 Å². The maximum atomic E-state index is 12.6. The van der Waals surface area contributed by atoms with Gasteiger partial charge in [0.2, 0.25) is 11.9 Å². The lowest BCUT2D eigenvalue weighted by Gasteiger charge is -2.15. The molecule has 18 nitrogen and oxygen atoms in total. The molecule has 5 aromatic rings. The van der Waals surface area contributed by atoms with Crippen molar-refractivity contribution in [2.45, 2.75) is 4.90 Å². The molecule has 46 heavy (non-hydrogen) atoms. The van der Waals surface area contributed by atoms with E-state index in [0.717, 1.165) is 18.2 Å². The van der Waals surface area contributed by atoms with Crippen LogP contribution in [0.2, 0.25) is 0 Å². The quantitative estimate of drug-likeness (QED) is 0.0602. The summed E-state index contributed by atoms with van der Waals surface area (Å²) < 4.78 is 57.2. The summed E-state index contributed by atoms with van der Waals surface area (Å²) in [5, 5.41) is 44.0. The van der Waals surface area contributed by atoms with Gasteiger partial charge in [0.1, 0.15) is 5.69 Å². The molecule has 1 heterocycles. The zero-order chi connectivity index (χ0) is 33.0. The number of carboxylic acid groups (broad SMARTS) is 1. The standard InChI is InChI=1S/C26H20N8O10S2/c27-44-46(41,42)15-10-13-11-19(43-45(39)40)21(34-33-17-9-5-4-8-16(17)23(36)37)22(35)20(13)18(12-15)29-25-30-24(31-26(38)32-25)28-14-6-2-1-3-7-14/h1-12,35,45H,27H2,(H,36,37)(H3,28,29,30,31,32,38). The predicted molar refractivity (Wildman–Crippen MR) is 161 cm³/mol. The van der Waals surface area contributed by atoms with Gasteiger partial charge in [-0.2, -0.15) is 42.0 Å². The van der Waals surface area contributed by atoms with E-state index in [1.807, 2.05) is 0 Å². The second-order valence-electron chi connectivity index (χ2n) is 8.93. The van der Waals surface area contributed by atoms with Crippen molar-refractivity contribution >= 4 is 72.5 Å². The van der Waals surface area contributed by atoms with Crippen molar-refractivity contribution in [3.8, 4) is 17.5 Å². The number of hydrogen-bond acceptors (Lipinski definition) is 17. The van der Waals surface area contributed by atoms with Crippen LogP contribution in [0.3, 0.4) is 0 Å². The van der Waals surface area contributed by atoms with Gasteiger partial charge in [-0.05, 0) is 47.9 Å². The highest BCUT2D eigenvalue weighted by Gasteiger charge is 2.24. The number of phenolic OH excluding ortho intramolecular Hbond substituents is 1. The normalized spacial score (nSPS) is 11.6. The van der Waals surface area contributed by atoms with Gasteiger partial charge in [-0.25, -0.2) is 4.79 Å². The van der Waals surface area contributed by atoms with Crippen LogP contribution in [0.1, 0.15) is 10.4 Å². The third-order valence-corrected chi connectivity index (χ3v) is 7.42. The molecule has 4 aromatic carbocycles. The number of nitrogens with one attached hydrogen (secondary N) is 2. The number of fused-ring (bicyclic) bond motifs is 1. The highest BCUT2D eigenvalue weighted by Crippen LogP contribution is 2.47. The van der Waals surface area contributed by atoms with Gasteiger partial charge in [0.15, 0.2) is 17.2 Å². The van der Waals surface area contributed by atoms with Crippen molar-refractivity contribution in [3.05, 3.63) is 78.4 Å². The average molecular weight is 669 g/mol. The van der Waals surface area contributed by atoms with E-state index in [2.05, 4.69) is 40.1 Å². The van der Waals surface area contributed by atoms with E-state index in [4.69, 9.17) is 10.1 Å². The van der Waals surface area contributed by atoms with Crippen LogP contribution < -0.4 is 20.7 Å². The van der Waals surface area contributed by atoms with E-state index < -0.39 is 55.2 Å². The zero-order valence-electron chi connectivity index (χ0n) is 22.8. The molecule has 5 rings (SSSR count). The van der Waals surface area contributed by atoms with Crippen molar-refractivity contribution in [1.29, 1.82) is 0 Å². The number of phenols is 1. The Morgan fingerprint density at radius 3 is 2.24 bits per heavy atom. The second-order valence-corrected chi connectivity index (χ2v) is 11.1. The third kappa shape index (κ3) is 6.89. The zero-order valence-corrected chi connectivity index (χ0v) is 24.5. The highest BCUT2D eigenvalue weighted by molar-refractivity contribution is 7.86. The number of para-hydroxylation sites is 1. The molecule has 0 saturated heterocycles. The molecule has 7 N–H and O–H groups in total. The van der Waals surface area contributed by atoms with Gasteiger partial charge in [0, 0.05) is 11.1 Å². The predicted octanol–water partition coefficient (Wildman–Crippen LogP) is 3.52. The number of carbonyl (C=O) groups is 1. The lowest BCUT2D eigenvalue weighted by Crippen LogP contribution is -2.12. The number of aromatic carboxylic acids is 1. The van der Waals surface area contributed by atoms with Crippen LogP contribution in [-0.4, -0.2) is 53.1 Å². The molecule has 0 saturated carbocycles. The first-order valence-electron chi connectivity index (χ1n) is 12.5. The summed E-state index contributed by atoms with van der Waals surface area (Å²) in [4.78, 5) is 22.8. The number of azo groups is 1. The third-order valence-electron chi connectivity index (χ3n) is 6.00. The first-order valence-corrected chi connectivity index (χ1v) is 15.0. The SMILES string of the molecule is NOS(=O)(=O)c1cc(Nc2nc(O)nc(Nc3ccccc3)n2)c2c(O)c(N=Nc3ccccc3C(=O)O)c(O[SH](=O)=O)cc2c1. The van der Waals surface area contributed by atoms with Crippen LogP contribution in [0.15, 0.2) is 87.9 Å². The highest BCUT2D eigenvalue weighted by atomic mass is 32.2. The van der Waals surface area contributed by atoms with E-state index in [-0.39, 0.29) is 39.6 Å². The molecule has 0 unspecified atom stereocenters. The summed E-state index contributed by atoms with van der Waals surface area (Å²) in [6.45, 7) is 0. The summed E-state index contributed by atoms with van der Waals surface area (Å²) >= 11 is 0. The Kier molecular flexibility index (Phi) is 8.86. The van der Waals surface area contributed by atoms with E-state index in [0.29, 0.717) is 5.69 Å². The molecule has 20 heteroatoms. The van der Waals surface area contributed by atoms with Gasteiger partial charge in [-0.1, -0.05) is 30.3 Å². The number of rotatable bonds is 11. The summed E-state index contributed by atoms with van der Waals surface area (Å²) in [5.74, 6) is 1.79. The number of nitrogens with zero attached hydrogens (tertiary/aromatic N) is 5. The first-order chi connectivity index (χ1) is 21.9. The van der Waals surface area contributed by atoms with Crippen LogP contribution >= 0.6 is 0 Å². The Morgan fingerprint density at radius 1 is 0.891 bits per heavy atom. The average Bonchev–Trinajstić information content (AvgIpc) is 3.00. The maximum Gasteiger partial charge on any atom is 0.337 e. The molecular formula is C26H20N8O10S2. The minimum Gasteiger partial charge on any atom is -0.505 e. The minimum atomic E-state index is -4.60. The Bertz CT molecular complexity index is 2190. The Hall–Kier alpha value is -5.96. The fourth-order valence-corrected chi connectivity index (χ4v) is 5.04. The van der Waals surface area contributed by atoms with Crippen molar-refractivity contribution in [1.82, 2.24) is 15.0 Å². The number of aromatic nitrogens is 3. The lowest BCUT2D eigenvalue weighted by atomic mass is 10.1. The number of benzene rings is 4. The van der Waals surface area contributed by atoms with Gasteiger partial charge in [0.25, 0.3) is 11.0 Å². The van der Waals surface area contributed by atoms with Crippen LogP contribution in [0.25, 0.3) is 10.8 Å². The van der Waals surface area contributed by atoms with Gasteiger partial charge in [0.05, 0.1) is 16.1 Å². The fraction of sp³-hybridized carbons (Fsp3) is 0. The first kappa shape index (κ1) is 31.5. The second kappa shape index (κ2) is 13.0. The molecule has 0 aliphatic carbocycles. The summed E-state index contributed by atoms with van der Waals surface area (Å²) in [5.41, 5.74) is -0.657. The number of hydrogen-bond donors (Lipinski definition) is 7. The van der Waals surface area contributed by atoms with Crippen molar-refractivity contribution in [3.63, 3.8) is 0 Å². The molecular weight excluding hydrogens is 648 g/mol. The molecule has 0 amide bonds. The van der Waals surface area contributed by atoms with E-state index in [1.165, 1.54) is 24.3 Å². The Labute approximate surface area is 260 Å². The lowest BCUT2D eigenvalue weighted by molar-refractivity contribution is 0.0697. The number of anilines is 4. The monoisotopic (exact) mass is 668 g/mol. The number of carboxylic acids is 1. The van der Waals surface area contributed by atoms with E-state index in [1.54, 1.807) is 30.3 Å². The molecule has 0 radical (unpaired) electrons. The molecule has 0 aliphatic heterocycles. The van der Waals surface area contributed by atoms with Crippen LogP contribution in [-0.2, 0) is 25.4 Å². The molecule has 0 spiro atoms.